The number of aromatic nitrogens is 2. The van der Waals surface area contributed by atoms with E-state index < -0.39 is 0 Å². The summed E-state index contributed by atoms with van der Waals surface area (Å²) in [4.78, 5) is 13.9. The zero-order valence-electron chi connectivity index (χ0n) is 10.8. The number of likely N-dealkylation sites (tertiary alicyclic amines) is 1. The number of rotatable bonds is 3. The van der Waals surface area contributed by atoms with Gasteiger partial charge in [-0.3, -0.25) is 14.8 Å². The van der Waals surface area contributed by atoms with E-state index in [1.807, 2.05) is 6.92 Å². The van der Waals surface area contributed by atoms with Gasteiger partial charge >= 0.3 is 0 Å². The van der Waals surface area contributed by atoms with E-state index in [0.29, 0.717) is 11.6 Å². The molecule has 100 valence electrons. The van der Waals surface area contributed by atoms with Gasteiger partial charge < -0.3 is 5.32 Å². The number of H-pyrrole nitrogens is 1. The summed E-state index contributed by atoms with van der Waals surface area (Å²) in [7, 11) is 1.69. The van der Waals surface area contributed by atoms with E-state index in [4.69, 9.17) is 11.6 Å². The Labute approximate surface area is 112 Å². The monoisotopic (exact) mass is 270 g/mol. The lowest BCUT2D eigenvalue weighted by molar-refractivity contribution is -0.126. The average molecular weight is 271 g/mol. The summed E-state index contributed by atoms with van der Waals surface area (Å²) in [6.45, 7) is 4.39. The highest BCUT2D eigenvalue weighted by molar-refractivity contribution is 6.31. The van der Waals surface area contributed by atoms with Crippen molar-refractivity contribution < 1.29 is 4.79 Å². The molecule has 1 aromatic heterocycles. The number of aryl methyl sites for hydroxylation is 1. The molecule has 1 aliphatic heterocycles. The van der Waals surface area contributed by atoms with Crippen LogP contribution in [-0.4, -0.2) is 41.1 Å². The van der Waals surface area contributed by atoms with Crippen LogP contribution >= 0.6 is 11.6 Å². The maximum Gasteiger partial charge on any atom is 0.224 e. The molecule has 1 atom stereocenters. The van der Waals surface area contributed by atoms with E-state index in [0.717, 1.165) is 37.3 Å². The molecule has 0 aromatic carbocycles. The van der Waals surface area contributed by atoms with Gasteiger partial charge in [-0.15, -0.1) is 0 Å². The topological polar surface area (TPSA) is 61.0 Å². The number of halogens is 1. The Kier molecular flexibility index (Phi) is 4.24. The smallest absolute Gasteiger partial charge is 0.224 e. The second-order valence-corrected chi connectivity index (χ2v) is 5.18. The van der Waals surface area contributed by atoms with E-state index in [9.17, 15) is 4.79 Å². The fraction of sp³-hybridized carbons (Fsp3) is 0.667. The van der Waals surface area contributed by atoms with Gasteiger partial charge in [0.15, 0.2) is 0 Å². The predicted octanol–water partition coefficient (Wildman–Crippen LogP) is 1.33. The van der Waals surface area contributed by atoms with Crippen molar-refractivity contribution in [1.29, 1.82) is 0 Å². The summed E-state index contributed by atoms with van der Waals surface area (Å²) in [6, 6.07) is 0. The van der Waals surface area contributed by atoms with Gasteiger partial charge in [-0.25, -0.2) is 0 Å². The van der Waals surface area contributed by atoms with Crippen molar-refractivity contribution in [2.45, 2.75) is 26.3 Å². The van der Waals surface area contributed by atoms with Gasteiger partial charge in [0.2, 0.25) is 5.91 Å². The zero-order chi connectivity index (χ0) is 13.1. The first-order valence-electron chi connectivity index (χ1n) is 6.25. The number of hydrogen-bond donors (Lipinski definition) is 2. The second-order valence-electron chi connectivity index (χ2n) is 4.80. The SMILES string of the molecule is CNC(=O)C1CCCN(Cc2n[nH]c(C)c2Cl)C1. The summed E-state index contributed by atoms with van der Waals surface area (Å²) in [5, 5.41) is 10.5. The Morgan fingerprint density at radius 1 is 1.67 bits per heavy atom. The maximum atomic E-state index is 11.7. The molecule has 6 heteroatoms. The van der Waals surface area contributed by atoms with Gasteiger partial charge in [0.1, 0.15) is 0 Å². The first-order valence-corrected chi connectivity index (χ1v) is 6.63. The molecule has 2 rings (SSSR count). The third-order valence-electron chi connectivity index (χ3n) is 3.44. The van der Waals surface area contributed by atoms with Gasteiger partial charge in [-0.1, -0.05) is 11.6 Å². The highest BCUT2D eigenvalue weighted by Gasteiger charge is 2.25. The molecule has 0 bridgehead atoms. The van der Waals surface area contributed by atoms with Crippen molar-refractivity contribution in [3.63, 3.8) is 0 Å². The van der Waals surface area contributed by atoms with E-state index in [1.54, 1.807) is 7.05 Å². The maximum absolute atomic E-state index is 11.7. The minimum Gasteiger partial charge on any atom is -0.359 e. The van der Waals surface area contributed by atoms with Crippen LogP contribution in [0.15, 0.2) is 0 Å². The van der Waals surface area contributed by atoms with Crippen molar-refractivity contribution in [1.82, 2.24) is 20.4 Å². The molecule has 1 amide bonds. The molecule has 1 saturated heterocycles. The van der Waals surface area contributed by atoms with Gasteiger partial charge in [0, 0.05) is 20.1 Å². The Bertz CT molecular complexity index is 432. The van der Waals surface area contributed by atoms with Crippen molar-refractivity contribution in [2.24, 2.45) is 5.92 Å². The van der Waals surface area contributed by atoms with Crippen LogP contribution in [-0.2, 0) is 11.3 Å². The van der Waals surface area contributed by atoms with Crippen LogP contribution in [0, 0.1) is 12.8 Å². The number of aromatic amines is 1. The number of amides is 1. The van der Waals surface area contributed by atoms with Crippen LogP contribution in [0.25, 0.3) is 0 Å². The fourth-order valence-corrected chi connectivity index (χ4v) is 2.54. The van der Waals surface area contributed by atoms with E-state index in [1.165, 1.54) is 0 Å². The molecule has 0 saturated carbocycles. The van der Waals surface area contributed by atoms with Gasteiger partial charge in [0.05, 0.1) is 22.3 Å². The lowest BCUT2D eigenvalue weighted by Crippen LogP contribution is -2.41. The van der Waals surface area contributed by atoms with E-state index in [2.05, 4.69) is 20.4 Å². The Morgan fingerprint density at radius 3 is 3.06 bits per heavy atom. The van der Waals surface area contributed by atoms with Crippen LogP contribution in [0.2, 0.25) is 5.02 Å². The third-order valence-corrected chi connectivity index (χ3v) is 3.94. The molecule has 2 N–H and O–H groups in total. The lowest BCUT2D eigenvalue weighted by atomic mass is 9.97. The summed E-state index contributed by atoms with van der Waals surface area (Å²) >= 11 is 6.15. The molecule has 0 aliphatic carbocycles. The summed E-state index contributed by atoms with van der Waals surface area (Å²) in [5.41, 5.74) is 1.76. The summed E-state index contributed by atoms with van der Waals surface area (Å²) < 4.78 is 0. The Balaban J connectivity index is 1.97. The van der Waals surface area contributed by atoms with Crippen LogP contribution in [0.3, 0.4) is 0 Å². The standard InChI is InChI=1S/C12H19ClN4O/c1-8-11(13)10(16-15-8)7-17-5-3-4-9(6-17)12(18)14-2/h9H,3-7H2,1-2H3,(H,14,18)(H,15,16). The molecular formula is C12H19ClN4O. The largest absolute Gasteiger partial charge is 0.359 e. The minimum absolute atomic E-state index is 0.0857. The number of nitrogens with zero attached hydrogens (tertiary/aromatic N) is 2. The lowest BCUT2D eigenvalue weighted by Gasteiger charge is -2.31. The van der Waals surface area contributed by atoms with Crippen LogP contribution in [0.4, 0.5) is 0 Å². The third kappa shape index (κ3) is 2.84. The molecule has 2 heterocycles. The Hall–Kier alpha value is -1.07. The number of carbonyl (C=O) groups excluding carboxylic acids is 1. The van der Waals surface area contributed by atoms with Crippen molar-refractivity contribution in [3.05, 3.63) is 16.4 Å². The summed E-state index contributed by atoms with van der Waals surface area (Å²) in [5.74, 6) is 0.214. The highest BCUT2D eigenvalue weighted by Crippen LogP contribution is 2.22. The zero-order valence-corrected chi connectivity index (χ0v) is 11.5. The van der Waals surface area contributed by atoms with E-state index in [-0.39, 0.29) is 11.8 Å². The molecule has 0 spiro atoms. The van der Waals surface area contributed by atoms with Crippen LogP contribution in [0.5, 0.6) is 0 Å². The predicted molar refractivity (Wildman–Crippen MR) is 70.4 cm³/mol. The fourth-order valence-electron chi connectivity index (χ4n) is 2.40. The quantitative estimate of drug-likeness (QED) is 0.871. The molecule has 1 aromatic rings. The summed E-state index contributed by atoms with van der Waals surface area (Å²) in [6.07, 6.45) is 2.00. The first kappa shape index (κ1) is 13.4. The van der Waals surface area contributed by atoms with Crippen LogP contribution < -0.4 is 5.32 Å². The molecule has 18 heavy (non-hydrogen) atoms. The van der Waals surface area contributed by atoms with Gasteiger partial charge in [-0.2, -0.15) is 5.10 Å². The van der Waals surface area contributed by atoms with Gasteiger partial charge in [-0.05, 0) is 26.3 Å². The molecule has 1 fully saturated rings. The van der Waals surface area contributed by atoms with Gasteiger partial charge in [0.25, 0.3) is 0 Å². The second kappa shape index (κ2) is 5.71. The molecular weight excluding hydrogens is 252 g/mol. The Morgan fingerprint density at radius 2 is 2.44 bits per heavy atom. The molecule has 0 radical (unpaired) electrons. The first-order chi connectivity index (χ1) is 8.61. The van der Waals surface area contributed by atoms with Crippen LogP contribution in [0.1, 0.15) is 24.2 Å². The highest BCUT2D eigenvalue weighted by atomic mass is 35.5. The van der Waals surface area contributed by atoms with E-state index >= 15 is 0 Å². The van der Waals surface area contributed by atoms with Crippen molar-refractivity contribution in [2.75, 3.05) is 20.1 Å². The molecule has 5 nitrogen and oxygen atoms in total. The number of hydrogen-bond acceptors (Lipinski definition) is 3. The molecule has 1 unspecified atom stereocenters. The normalized spacial score (nSPS) is 20.9. The van der Waals surface area contributed by atoms with Crippen molar-refractivity contribution >= 4 is 17.5 Å². The number of nitrogens with one attached hydrogen (secondary N) is 2. The molecule has 1 aliphatic rings. The van der Waals surface area contributed by atoms with Crippen molar-refractivity contribution in [3.8, 4) is 0 Å². The average Bonchev–Trinajstić information content (AvgIpc) is 2.70. The number of piperidine rings is 1. The number of carbonyl (C=O) groups is 1. The minimum atomic E-state index is 0.0857.